The molecule has 0 saturated heterocycles. The fourth-order valence-corrected chi connectivity index (χ4v) is 1.71. The summed E-state index contributed by atoms with van der Waals surface area (Å²) in [6, 6.07) is 8.02. The van der Waals surface area contributed by atoms with Crippen LogP contribution in [0.1, 0.15) is 26.3 Å². The first kappa shape index (κ1) is 14.5. The van der Waals surface area contributed by atoms with E-state index >= 15 is 0 Å². The van der Waals surface area contributed by atoms with E-state index in [0.717, 1.165) is 17.7 Å². The minimum absolute atomic E-state index is 0.0106. The molecular weight excluding hydrogens is 230 g/mol. The molecule has 0 heterocycles. The van der Waals surface area contributed by atoms with Crippen LogP contribution in [-0.4, -0.2) is 29.8 Å². The van der Waals surface area contributed by atoms with Crippen LogP contribution < -0.4 is 10.1 Å². The molecule has 1 unspecified atom stereocenters. The summed E-state index contributed by atoms with van der Waals surface area (Å²) in [5.74, 6) is 0.0201. The molecule has 1 aromatic rings. The fourth-order valence-electron chi connectivity index (χ4n) is 1.71. The van der Waals surface area contributed by atoms with Crippen LogP contribution >= 0.6 is 0 Å². The molecule has 0 radical (unpaired) electrons. The van der Waals surface area contributed by atoms with Crippen molar-refractivity contribution in [1.29, 1.82) is 0 Å². The standard InChI is InChI=1S/C14H21NO3/c1-10(2)18-13-6-4-5-12(8-13)7-11(3)15-9-14(16)17/h4-6,8,10-11,15H,7,9H2,1-3H3,(H,16,17). The van der Waals surface area contributed by atoms with Gasteiger partial charge in [0.25, 0.3) is 0 Å². The largest absolute Gasteiger partial charge is 0.491 e. The number of carbonyl (C=O) groups is 1. The number of benzene rings is 1. The molecule has 0 saturated carbocycles. The number of carboxylic acid groups (broad SMARTS) is 1. The lowest BCUT2D eigenvalue weighted by Gasteiger charge is -2.14. The lowest BCUT2D eigenvalue weighted by Crippen LogP contribution is -2.32. The second-order valence-corrected chi connectivity index (χ2v) is 4.69. The highest BCUT2D eigenvalue weighted by Gasteiger charge is 2.06. The van der Waals surface area contributed by atoms with Crippen molar-refractivity contribution >= 4 is 5.97 Å². The molecule has 4 heteroatoms. The van der Waals surface area contributed by atoms with Crippen LogP contribution in [0.15, 0.2) is 24.3 Å². The van der Waals surface area contributed by atoms with Gasteiger partial charge < -0.3 is 15.2 Å². The van der Waals surface area contributed by atoms with Gasteiger partial charge in [-0.15, -0.1) is 0 Å². The first-order valence-electron chi connectivity index (χ1n) is 6.18. The van der Waals surface area contributed by atoms with E-state index in [1.165, 1.54) is 0 Å². The predicted octanol–water partition coefficient (Wildman–Crippen LogP) is 2.08. The number of hydrogen-bond acceptors (Lipinski definition) is 3. The molecule has 100 valence electrons. The highest BCUT2D eigenvalue weighted by molar-refractivity contribution is 5.69. The lowest BCUT2D eigenvalue weighted by atomic mass is 10.1. The van der Waals surface area contributed by atoms with Crippen molar-refractivity contribution in [3.05, 3.63) is 29.8 Å². The Bertz CT molecular complexity index is 390. The number of ether oxygens (including phenoxy) is 1. The molecule has 0 bridgehead atoms. The van der Waals surface area contributed by atoms with Gasteiger partial charge in [-0.05, 0) is 44.9 Å². The molecule has 0 fully saturated rings. The molecule has 0 aliphatic heterocycles. The summed E-state index contributed by atoms with van der Waals surface area (Å²) in [4.78, 5) is 10.4. The van der Waals surface area contributed by atoms with E-state index in [1.807, 2.05) is 45.0 Å². The maximum absolute atomic E-state index is 10.4. The quantitative estimate of drug-likeness (QED) is 0.779. The molecule has 1 rings (SSSR count). The maximum Gasteiger partial charge on any atom is 0.317 e. The summed E-state index contributed by atoms with van der Waals surface area (Å²) in [6.45, 7) is 5.94. The van der Waals surface area contributed by atoms with Gasteiger partial charge in [-0.25, -0.2) is 0 Å². The number of hydrogen-bond donors (Lipinski definition) is 2. The second-order valence-electron chi connectivity index (χ2n) is 4.69. The minimum atomic E-state index is -0.834. The summed E-state index contributed by atoms with van der Waals surface area (Å²) in [7, 11) is 0. The number of carboxylic acids is 1. The molecule has 18 heavy (non-hydrogen) atoms. The Morgan fingerprint density at radius 3 is 2.72 bits per heavy atom. The van der Waals surface area contributed by atoms with Crippen LogP contribution in [0.2, 0.25) is 0 Å². The number of aliphatic carboxylic acids is 1. The van der Waals surface area contributed by atoms with Gasteiger partial charge >= 0.3 is 5.97 Å². The molecule has 0 aliphatic carbocycles. The van der Waals surface area contributed by atoms with Crippen molar-refractivity contribution in [3.63, 3.8) is 0 Å². The predicted molar refractivity (Wildman–Crippen MR) is 71.0 cm³/mol. The van der Waals surface area contributed by atoms with Crippen molar-refractivity contribution in [2.24, 2.45) is 0 Å². The van der Waals surface area contributed by atoms with E-state index in [2.05, 4.69) is 5.32 Å². The summed E-state index contributed by atoms with van der Waals surface area (Å²) in [5, 5.41) is 11.5. The van der Waals surface area contributed by atoms with E-state index in [0.29, 0.717) is 0 Å². The highest BCUT2D eigenvalue weighted by Crippen LogP contribution is 2.16. The van der Waals surface area contributed by atoms with Crippen molar-refractivity contribution in [2.75, 3.05) is 6.54 Å². The zero-order valence-corrected chi connectivity index (χ0v) is 11.1. The monoisotopic (exact) mass is 251 g/mol. The van der Waals surface area contributed by atoms with Crippen LogP contribution in [-0.2, 0) is 11.2 Å². The van der Waals surface area contributed by atoms with E-state index in [-0.39, 0.29) is 18.7 Å². The Morgan fingerprint density at radius 2 is 2.11 bits per heavy atom. The van der Waals surface area contributed by atoms with Gasteiger partial charge in [0.15, 0.2) is 0 Å². The molecule has 1 atom stereocenters. The molecular formula is C14H21NO3. The zero-order chi connectivity index (χ0) is 13.5. The number of rotatable bonds is 7. The smallest absolute Gasteiger partial charge is 0.317 e. The van der Waals surface area contributed by atoms with E-state index in [4.69, 9.17) is 9.84 Å². The third-order valence-corrected chi connectivity index (χ3v) is 2.41. The van der Waals surface area contributed by atoms with Gasteiger partial charge in [0.1, 0.15) is 5.75 Å². The van der Waals surface area contributed by atoms with Crippen molar-refractivity contribution in [3.8, 4) is 5.75 Å². The summed E-state index contributed by atoms with van der Waals surface area (Å²) in [5.41, 5.74) is 1.14. The normalized spacial score (nSPS) is 12.4. The summed E-state index contributed by atoms with van der Waals surface area (Å²) in [6.07, 6.45) is 0.936. The van der Waals surface area contributed by atoms with Gasteiger partial charge in [0.05, 0.1) is 12.6 Å². The average Bonchev–Trinajstić information content (AvgIpc) is 2.26. The molecule has 0 amide bonds. The topological polar surface area (TPSA) is 58.6 Å². The van der Waals surface area contributed by atoms with Crippen LogP contribution in [0, 0.1) is 0 Å². The van der Waals surface area contributed by atoms with Crippen molar-refractivity contribution < 1.29 is 14.6 Å². The number of nitrogens with one attached hydrogen (secondary N) is 1. The van der Waals surface area contributed by atoms with Crippen LogP contribution in [0.3, 0.4) is 0 Å². The molecule has 1 aromatic carbocycles. The van der Waals surface area contributed by atoms with Crippen molar-refractivity contribution in [1.82, 2.24) is 5.32 Å². The summed E-state index contributed by atoms with van der Waals surface area (Å²) < 4.78 is 5.62. The van der Waals surface area contributed by atoms with Crippen molar-refractivity contribution in [2.45, 2.75) is 39.3 Å². The average molecular weight is 251 g/mol. The second kappa shape index (κ2) is 7.01. The first-order chi connectivity index (χ1) is 8.47. The molecule has 0 aliphatic rings. The first-order valence-corrected chi connectivity index (χ1v) is 6.18. The zero-order valence-electron chi connectivity index (χ0n) is 11.1. The van der Waals surface area contributed by atoms with Gasteiger partial charge in [-0.1, -0.05) is 12.1 Å². The Hall–Kier alpha value is -1.55. The Morgan fingerprint density at radius 1 is 1.39 bits per heavy atom. The van der Waals surface area contributed by atoms with Gasteiger partial charge in [0.2, 0.25) is 0 Å². The lowest BCUT2D eigenvalue weighted by molar-refractivity contribution is -0.136. The summed E-state index contributed by atoms with van der Waals surface area (Å²) >= 11 is 0. The van der Waals surface area contributed by atoms with Gasteiger partial charge in [-0.2, -0.15) is 0 Å². The van der Waals surface area contributed by atoms with E-state index in [9.17, 15) is 4.79 Å². The molecule has 4 nitrogen and oxygen atoms in total. The van der Waals surface area contributed by atoms with Crippen LogP contribution in [0.4, 0.5) is 0 Å². The van der Waals surface area contributed by atoms with Crippen LogP contribution in [0.25, 0.3) is 0 Å². The van der Waals surface area contributed by atoms with Gasteiger partial charge in [-0.3, -0.25) is 4.79 Å². The Balaban J connectivity index is 2.53. The van der Waals surface area contributed by atoms with E-state index in [1.54, 1.807) is 0 Å². The molecule has 0 aromatic heterocycles. The van der Waals surface area contributed by atoms with Gasteiger partial charge in [0, 0.05) is 6.04 Å². The molecule has 0 spiro atoms. The minimum Gasteiger partial charge on any atom is -0.491 e. The SMILES string of the molecule is CC(Cc1cccc(OC(C)C)c1)NCC(=O)O. The Labute approximate surface area is 108 Å². The maximum atomic E-state index is 10.4. The third kappa shape index (κ3) is 5.68. The molecule has 2 N–H and O–H groups in total. The highest BCUT2D eigenvalue weighted by atomic mass is 16.5. The van der Waals surface area contributed by atoms with E-state index < -0.39 is 5.97 Å². The third-order valence-electron chi connectivity index (χ3n) is 2.41. The van der Waals surface area contributed by atoms with Crippen LogP contribution in [0.5, 0.6) is 5.75 Å². The Kier molecular flexibility index (Phi) is 5.65. The fraction of sp³-hybridized carbons (Fsp3) is 0.500.